The summed E-state index contributed by atoms with van der Waals surface area (Å²) in [4.78, 5) is 87.4. The number of carboxylic acid groups (broad SMARTS) is 1. The Balaban J connectivity index is 1.64. The number of guanidine groups is 1. The van der Waals surface area contributed by atoms with Gasteiger partial charge in [0.15, 0.2) is 0 Å². The Bertz CT molecular complexity index is 1260. The molecule has 4 fully saturated rings. The highest BCUT2D eigenvalue weighted by Gasteiger charge is 2.58. The van der Waals surface area contributed by atoms with Crippen LogP contribution >= 0.6 is 0 Å². The van der Waals surface area contributed by atoms with Crippen LogP contribution in [-0.2, 0) is 33.5 Å². The standard InChI is InChI=1S/C33H46N4O8/c1-6-20(7-2)45-26-15-19(32(43)44)14-25(27(26)34-18(5)38)35-33(36-28(39)21-10-8-16(3)12-23(21)30(36)41)37-29(40)22-11-9-17(4)13-24(22)31(37)42/h15-17,20-27H,6-14H2,1-5H3,(H,34,38)(H,43,44)/t16?,17?,21?,22?,23?,24?,25-,26+,27+/m0/s1. The number of aliphatic imine (C=N–C) groups is 1. The maximum atomic E-state index is 14.0. The largest absolute Gasteiger partial charge is 0.478 e. The quantitative estimate of drug-likeness (QED) is 0.248. The number of aliphatic carboxylic acids is 1. The minimum Gasteiger partial charge on any atom is -0.478 e. The average Bonchev–Trinajstić information content (AvgIpc) is 3.38. The molecule has 5 amide bonds. The van der Waals surface area contributed by atoms with Crippen LogP contribution in [0.2, 0.25) is 0 Å². The van der Waals surface area contributed by atoms with Crippen molar-refractivity contribution in [2.45, 2.75) is 117 Å². The zero-order valence-corrected chi connectivity index (χ0v) is 26.9. The van der Waals surface area contributed by atoms with Gasteiger partial charge in [0.25, 0.3) is 0 Å². The van der Waals surface area contributed by atoms with E-state index in [1.807, 2.05) is 27.7 Å². The summed E-state index contributed by atoms with van der Waals surface area (Å²) in [6, 6.07) is -1.94. The van der Waals surface area contributed by atoms with Crippen molar-refractivity contribution in [3.05, 3.63) is 11.6 Å². The molecular weight excluding hydrogens is 580 g/mol. The highest BCUT2D eigenvalue weighted by Crippen LogP contribution is 2.44. The number of nitrogens with one attached hydrogen (secondary N) is 1. The SMILES string of the molecule is CCC(CC)O[C@@H]1C=C(C(=O)O)C[C@H](N=C(N2C(=O)C3CCC(C)CC3C2=O)N2C(=O)C3CCC(C)CC3C2=O)[C@H]1NC(C)=O. The molecule has 0 bridgehead atoms. The van der Waals surface area contributed by atoms with Crippen molar-refractivity contribution in [1.29, 1.82) is 0 Å². The Morgan fingerprint density at radius 3 is 1.82 bits per heavy atom. The number of nitrogens with zero attached hydrogens (tertiary/aromatic N) is 3. The second kappa shape index (κ2) is 13.1. The van der Waals surface area contributed by atoms with E-state index in [0.29, 0.717) is 38.5 Å². The van der Waals surface area contributed by atoms with Crippen molar-refractivity contribution < 1.29 is 38.6 Å². The zero-order chi connectivity index (χ0) is 32.7. The Morgan fingerprint density at radius 2 is 1.38 bits per heavy atom. The monoisotopic (exact) mass is 626 g/mol. The van der Waals surface area contributed by atoms with Crippen molar-refractivity contribution >= 4 is 41.5 Å². The van der Waals surface area contributed by atoms with Crippen molar-refractivity contribution in [1.82, 2.24) is 15.1 Å². The van der Waals surface area contributed by atoms with Crippen molar-refractivity contribution in [3.63, 3.8) is 0 Å². The van der Waals surface area contributed by atoms with Gasteiger partial charge in [-0.25, -0.2) is 19.6 Å². The smallest absolute Gasteiger partial charge is 0.331 e. The first-order chi connectivity index (χ1) is 21.4. The molecule has 0 radical (unpaired) electrons. The molecule has 0 spiro atoms. The van der Waals surface area contributed by atoms with Crippen molar-refractivity contribution in [3.8, 4) is 0 Å². The lowest BCUT2D eigenvalue weighted by Gasteiger charge is -2.37. The summed E-state index contributed by atoms with van der Waals surface area (Å²) in [5.41, 5.74) is -0.0104. The normalized spacial score (nSPS) is 34.9. The van der Waals surface area contributed by atoms with Gasteiger partial charge >= 0.3 is 5.97 Å². The molecule has 2 N–H and O–H groups in total. The van der Waals surface area contributed by atoms with E-state index in [9.17, 15) is 33.9 Å². The van der Waals surface area contributed by atoms with Gasteiger partial charge in [0.2, 0.25) is 35.5 Å². The molecule has 2 aliphatic heterocycles. The second-order valence-corrected chi connectivity index (χ2v) is 13.7. The number of carbonyl (C=O) groups excluding carboxylic acids is 5. The van der Waals surface area contributed by atoms with Crippen LogP contribution in [0, 0.1) is 35.5 Å². The molecule has 5 rings (SSSR count). The molecule has 9 atom stereocenters. The van der Waals surface area contributed by atoms with E-state index in [0.717, 1.165) is 22.6 Å². The van der Waals surface area contributed by atoms with E-state index in [-0.39, 0.29) is 35.9 Å². The minimum absolute atomic E-state index is 0.0104. The Morgan fingerprint density at radius 1 is 0.889 bits per heavy atom. The molecule has 0 aromatic carbocycles. The summed E-state index contributed by atoms with van der Waals surface area (Å²) in [5, 5.41) is 12.9. The summed E-state index contributed by atoms with van der Waals surface area (Å²) in [5.74, 6) is -5.81. The molecule has 246 valence electrons. The molecule has 2 heterocycles. The fraction of sp³-hybridized carbons (Fsp3) is 0.727. The van der Waals surface area contributed by atoms with Gasteiger partial charge in [-0.15, -0.1) is 0 Å². The highest BCUT2D eigenvalue weighted by atomic mass is 16.5. The molecule has 2 saturated heterocycles. The maximum Gasteiger partial charge on any atom is 0.331 e. The lowest BCUT2D eigenvalue weighted by Crippen LogP contribution is -2.56. The third-order valence-electron chi connectivity index (χ3n) is 10.5. The molecule has 0 aromatic rings. The Kier molecular flexibility index (Phi) is 9.62. The summed E-state index contributed by atoms with van der Waals surface area (Å²) >= 11 is 0. The number of hydrogen-bond donors (Lipinski definition) is 2. The van der Waals surface area contributed by atoms with Crippen LogP contribution in [0.5, 0.6) is 0 Å². The van der Waals surface area contributed by atoms with Crippen LogP contribution in [0.3, 0.4) is 0 Å². The van der Waals surface area contributed by atoms with Gasteiger partial charge in [-0.2, -0.15) is 0 Å². The van der Waals surface area contributed by atoms with Gasteiger partial charge in [0, 0.05) is 18.9 Å². The first-order valence-electron chi connectivity index (χ1n) is 16.6. The van der Waals surface area contributed by atoms with Gasteiger partial charge < -0.3 is 15.2 Å². The highest BCUT2D eigenvalue weighted by molar-refractivity contribution is 6.26. The topological polar surface area (TPSA) is 163 Å². The number of fused-ring (bicyclic) bond motifs is 2. The molecule has 45 heavy (non-hydrogen) atoms. The summed E-state index contributed by atoms with van der Waals surface area (Å²) in [6.45, 7) is 9.27. The van der Waals surface area contributed by atoms with E-state index in [2.05, 4.69) is 5.32 Å². The van der Waals surface area contributed by atoms with E-state index in [4.69, 9.17) is 9.73 Å². The number of rotatable bonds is 7. The van der Waals surface area contributed by atoms with Gasteiger partial charge in [0.1, 0.15) is 0 Å². The van der Waals surface area contributed by atoms with E-state index >= 15 is 0 Å². The fourth-order valence-corrected chi connectivity index (χ4v) is 8.00. The maximum absolute atomic E-state index is 14.0. The number of ether oxygens (including phenoxy) is 1. The Hall–Kier alpha value is -3.41. The number of amides is 5. The predicted molar refractivity (Wildman–Crippen MR) is 162 cm³/mol. The molecule has 3 aliphatic carbocycles. The average molecular weight is 627 g/mol. The lowest BCUT2D eigenvalue weighted by atomic mass is 9.76. The molecular formula is C33H46N4O8. The third-order valence-corrected chi connectivity index (χ3v) is 10.5. The van der Waals surface area contributed by atoms with Crippen molar-refractivity contribution in [2.24, 2.45) is 40.5 Å². The number of imide groups is 2. The van der Waals surface area contributed by atoms with Crippen LogP contribution in [0.15, 0.2) is 16.6 Å². The van der Waals surface area contributed by atoms with Gasteiger partial charge in [-0.05, 0) is 69.3 Å². The molecule has 12 nitrogen and oxygen atoms in total. The second-order valence-electron chi connectivity index (χ2n) is 13.7. The fourth-order valence-electron chi connectivity index (χ4n) is 8.00. The van der Waals surface area contributed by atoms with E-state index in [1.54, 1.807) is 0 Å². The van der Waals surface area contributed by atoms with Gasteiger partial charge in [-0.1, -0.05) is 27.7 Å². The zero-order valence-electron chi connectivity index (χ0n) is 26.9. The summed E-state index contributed by atoms with van der Waals surface area (Å²) in [6.07, 6.45) is 5.06. The predicted octanol–water partition coefficient (Wildman–Crippen LogP) is 3.05. The van der Waals surface area contributed by atoms with Crippen LogP contribution in [0.1, 0.15) is 92.4 Å². The summed E-state index contributed by atoms with van der Waals surface area (Å²) < 4.78 is 6.29. The number of likely N-dealkylation sites (tertiary alicyclic amines) is 2. The lowest BCUT2D eigenvalue weighted by molar-refractivity contribution is -0.139. The molecule has 6 unspecified atom stereocenters. The van der Waals surface area contributed by atoms with Gasteiger partial charge in [0.05, 0.1) is 48.0 Å². The van der Waals surface area contributed by atoms with Crippen LogP contribution in [-0.4, -0.2) is 80.7 Å². The van der Waals surface area contributed by atoms with Crippen molar-refractivity contribution in [2.75, 3.05) is 0 Å². The van der Waals surface area contributed by atoms with Crippen LogP contribution in [0.25, 0.3) is 0 Å². The Labute approximate surface area is 264 Å². The minimum atomic E-state index is -1.20. The first kappa shape index (κ1) is 33.0. The molecule has 2 saturated carbocycles. The molecule has 12 heteroatoms. The van der Waals surface area contributed by atoms with E-state index in [1.165, 1.54) is 13.0 Å². The summed E-state index contributed by atoms with van der Waals surface area (Å²) in [7, 11) is 0. The number of carbonyl (C=O) groups is 6. The van der Waals surface area contributed by atoms with Gasteiger partial charge in [-0.3, -0.25) is 24.0 Å². The number of hydrogen-bond acceptors (Lipinski definition) is 8. The van der Waals surface area contributed by atoms with Crippen LogP contribution in [0.4, 0.5) is 0 Å². The molecule has 5 aliphatic rings. The van der Waals surface area contributed by atoms with E-state index < -0.39 is 77.4 Å². The number of carboxylic acids is 1. The molecule has 0 aromatic heterocycles. The first-order valence-corrected chi connectivity index (χ1v) is 16.6. The van der Waals surface area contributed by atoms with Crippen LogP contribution < -0.4 is 5.32 Å². The third kappa shape index (κ3) is 6.22.